The first-order valence-electron chi connectivity index (χ1n) is 5.66. The van der Waals surface area contributed by atoms with Crippen molar-refractivity contribution in [3.8, 4) is 0 Å². The number of carbonyl (C=O) groups excluding carboxylic acids is 1. The van der Waals surface area contributed by atoms with E-state index in [2.05, 4.69) is 15.0 Å². The molecule has 1 aliphatic heterocycles. The Morgan fingerprint density at radius 3 is 2.90 bits per heavy atom. The Kier molecular flexibility index (Phi) is 3.05. The molecule has 0 spiro atoms. The van der Waals surface area contributed by atoms with Gasteiger partial charge in [0.2, 0.25) is 11.1 Å². The summed E-state index contributed by atoms with van der Waals surface area (Å²) in [7, 11) is 0. The number of hydrogen-bond donors (Lipinski definition) is 3. The van der Waals surface area contributed by atoms with Gasteiger partial charge in [0.05, 0.1) is 12.9 Å². The maximum atomic E-state index is 11.9. The van der Waals surface area contributed by atoms with Crippen molar-refractivity contribution >= 4 is 34.4 Å². The normalized spacial score (nSPS) is 26.6. The third kappa shape index (κ3) is 1.83. The summed E-state index contributed by atoms with van der Waals surface area (Å²) in [6.07, 6.45) is -2.24. The number of nitrogen functional groups attached to an aromatic ring is 1. The molecule has 1 aliphatic rings. The molecule has 3 heterocycles. The van der Waals surface area contributed by atoms with Crippen molar-refractivity contribution in [3.63, 3.8) is 0 Å². The van der Waals surface area contributed by atoms with Crippen LogP contribution in [0.1, 0.15) is 6.23 Å². The molecular formula is C10H10ClN5O4. The number of fused-ring (bicyclic) bond motifs is 1. The number of halogens is 1. The Bertz CT molecular complexity index is 690. The van der Waals surface area contributed by atoms with E-state index in [0.717, 1.165) is 0 Å². The standard InChI is InChI=1S/C10H10ClN5O4/c11-10-14-7(12)4-8(15-10)16(2-13-4)9-6(19)5(18)3(1-17)20-9/h2-3,5,9,17-18H,1H2,(H2,12,14,15)/t3-,5-,9-/m1/s1. The molecule has 0 amide bonds. The average molecular weight is 300 g/mol. The Labute approximate surface area is 117 Å². The smallest absolute Gasteiger partial charge is 0.226 e. The van der Waals surface area contributed by atoms with Gasteiger partial charge in [-0.1, -0.05) is 0 Å². The van der Waals surface area contributed by atoms with Crippen molar-refractivity contribution in [2.75, 3.05) is 12.3 Å². The summed E-state index contributed by atoms with van der Waals surface area (Å²) in [5.41, 5.74) is 6.14. The molecule has 1 saturated heterocycles. The number of carbonyl (C=O) groups is 1. The van der Waals surface area contributed by atoms with E-state index in [1.54, 1.807) is 0 Å². The molecule has 3 rings (SSSR count). The molecule has 20 heavy (non-hydrogen) atoms. The summed E-state index contributed by atoms with van der Waals surface area (Å²) in [4.78, 5) is 23.6. The highest BCUT2D eigenvalue weighted by atomic mass is 35.5. The lowest BCUT2D eigenvalue weighted by atomic mass is 10.2. The molecule has 0 bridgehead atoms. The average Bonchev–Trinajstić information content (AvgIpc) is 2.93. The lowest BCUT2D eigenvalue weighted by Gasteiger charge is -2.12. The number of anilines is 1. The monoisotopic (exact) mass is 299 g/mol. The van der Waals surface area contributed by atoms with Crippen molar-refractivity contribution < 1.29 is 19.7 Å². The zero-order chi connectivity index (χ0) is 14.4. The number of ether oxygens (including phenoxy) is 1. The molecule has 0 aromatic carbocycles. The Hall–Kier alpha value is -1.81. The number of aromatic nitrogens is 4. The Morgan fingerprint density at radius 2 is 2.25 bits per heavy atom. The van der Waals surface area contributed by atoms with Gasteiger partial charge in [-0.25, -0.2) is 4.98 Å². The maximum Gasteiger partial charge on any atom is 0.226 e. The lowest BCUT2D eigenvalue weighted by molar-refractivity contribution is -0.130. The van der Waals surface area contributed by atoms with E-state index in [0.29, 0.717) is 0 Å². The molecule has 0 aliphatic carbocycles. The van der Waals surface area contributed by atoms with E-state index >= 15 is 0 Å². The molecule has 10 heteroatoms. The molecule has 4 N–H and O–H groups in total. The molecule has 2 aromatic rings. The van der Waals surface area contributed by atoms with Crippen LogP contribution >= 0.6 is 11.6 Å². The van der Waals surface area contributed by atoms with Crippen LogP contribution in [0.4, 0.5) is 5.82 Å². The van der Waals surface area contributed by atoms with E-state index < -0.39 is 30.8 Å². The van der Waals surface area contributed by atoms with Gasteiger partial charge in [0, 0.05) is 0 Å². The number of ketones is 1. The van der Waals surface area contributed by atoms with Gasteiger partial charge in [-0.05, 0) is 11.6 Å². The fraction of sp³-hybridized carbons (Fsp3) is 0.400. The number of imidazole rings is 1. The zero-order valence-electron chi connectivity index (χ0n) is 9.97. The molecular weight excluding hydrogens is 290 g/mol. The van der Waals surface area contributed by atoms with Crippen LogP contribution in [0.2, 0.25) is 5.28 Å². The van der Waals surface area contributed by atoms with E-state index in [-0.39, 0.29) is 22.3 Å². The summed E-state index contributed by atoms with van der Waals surface area (Å²) in [5.74, 6) is -0.528. The second-order valence-electron chi connectivity index (χ2n) is 4.26. The van der Waals surface area contributed by atoms with Crippen LogP contribution in [0.3, 0.4) is 0 Å². The van der Waals surface area contributed by atoms with Crippen LogP contribution in [0.25, 0.3) is 11.2 Å². The molecule has 2 aromatic heterocycles. The van der Waals surface area contributed by atoms with E-state index in [1.807, 2.05) is 0 Å². The fourth-order valence-corrected chi connectivity index (χ4v) is 2.24. The second-order valence-corrected chi connectivity index (χ2v) is 4.60. The molecule has 0 unspecified atom stereocenters. The predicted octanol–water partition coefficient (Wildman–Crippen LogP) is -1.12. The first-order valence-corrected chi connectivity index (χ1v) is 6.04. The third-order valence-electron chi connectivity index (χ3n) is 3.04. The minimum absolute atomic E-state index is 0.0726. The first-order chi connectivity index (χ1) is 9.52. The molecule has 1 fully saturated rings. The number of aliphatic hydroxyl groups is 2. The van der Waals surface area contributed by atoms with Crippen LogP contribution in [-0.2, 0) is 9.53 Å². The number of rotatable bonds is 2. The zero-order valence-corrected chi connectivity index (χ0v) is 10.7. The Balaban J connectivity index is 2.09. The van der Waals surface area contributed by atoms with Gasteiger partial charge in [0.15, 0.2) is 17.7 Å². The van der Waals surface area contributed by atoms with Crippen LogP contribution in [-0.4, -0.2) is 54.3 Å². The molecule has 3 atom stereocenters. The summed E-state index contributed by atoms with van der Waals surface area (Å²) in [6.45, 7) is -0.478. The molecule has 106 valence electrons. The summed E-state index contributed by atoms with van der Waals surface area (Å²) in [5, 5.41) is 18.6. The summed E-state index contributed by atoms with van der Waals surface area (Å²) < 4.78 is 6.59. The van der Waals surface area contributed by atoms with Crippen LogP contribution in [0, 0.1) is 0 Å². The van der Waals surface area contributed by atoms with Crippen LogP contribution < -0.4 is 5.73 Å². The van der Waals surface area contributed by atoms with Crippen LogP contribution in [0.5, 0.6) is 0 Å². The number of nitrogens with zero attached hydrogens (tertiary/aromatic N) is 4. The topological polar surface area (TPSA) is 136 Å². The van der Waals surface area contributed by atoms with Crippen molar-refractivity contribution in [1.29, 1.82) is 0 Å². The van der Waals surface area contributed by atoms with Gasteiger partial charge in [0.1, 0.15) is 17.7 Å². The number of hydrogen-bond acceptors (Lipinski definition) is 8. The lowest BCUT2D eigenvalue weighted by Crippen LogP contribution is -2.29. The SMILES string of the molecule is Nc1nc(Cl)nc2c1ncn2[C@@H]1O[C@H](CO)[C@@H](O)C1=O. The van der Waals surface area contributed by atoms with E-state index in [4.69, 9.17) is 27.2 Å². The predicted molar refractivity (Wildman–Crippen MR) is 66.8 cm³/mol. The van der Waals surface area contributed by atoms with Crippen molar-refractivity contribution in [2.24, 2.45) is 0 Å². The van der Waals surface area contributed by atoms with Gasteiger partial charge >= 0.3 is 0 Å². The summed E-state index contributed by atoms with van der Waals surface area (Å²) in [6, 6.07) is 0. The van der Waals surface area contributed by atoms with Crippen molar-refractivity contribution in [2.45, 2.75) is 18.4 Å². The van der Waals surface area contributed by atoms with Gasteiger partial charge in [-0.2, -0.15) is 9.97 Å². The number of Topliss-reactive ketones (excluding diaryl/α,β-unsaturated/α-hetero) is 1. The third-order valence-corrected chi connectivity index (χ3v) is 3.21. The maximum absolute atomic E-state index is 11.9. The van der Waals surface area contributed by atoms with Gasteiger partial charge < -0.3 is 20.7 Å². The fourth-order valence-electron chi connectivity index (χ4n) is 2.06. The number of aliphatic hydroxyl groups excluding tert-OH is 2. The highest BCUT2D eigenvalue weighted by Gasteiger charge is 2.43. The van der Waals surface area contributed by atoms with E-state index in [9.17, 15) is 9.90 Å². The summed E-state index contributed by atoms with van der Waals surface area (Å²) >= 11 is 5.72. The highest BCUT2D eigenvalue weighted by molar-refractivity contribution is 6.28. The first kappa shape index (κ1) is 13.2. The second kappa shape index (κ2) is 4.63. The van der Waals surface area contributed by atoms with Crippen molar-refractivity contribution in [1.82, 2.24) is 19.5 Å². The highest BCUT2D eigenvalue weighted by Crippen LogP contribution is 2.29. The quantitative estimate of drug-likeness (QED) is 0.593. The van der Waals surface area contributed by atoms with Gasteiger partial charge in [-0.3, -0.25) is 9.36 Å². The Morgan fingerprint density at radius 1 is 1.50 bits per heavy atom. The molecule has 0 saturated carbocycles. The largest absolute Gasteiger partial charge is 0.394 e. The molecule has 0 radical (unpaired) electrons. The van der Waals surface area contributed by atoms with E-state index in [1.165, 1.54) is 10.9 Å². The van der Waals surface area contributed by atoms with Gasteiger partial charge in [-0.15, -0.1) is 0 Å². The van der Waals surface area contributed by atoms with Crippen LogP contribution in [0.15, 0.2) is 6.33 Å². The number of nitrogens with two attached hydrogens (primary N) is 1. The molecule has 9 nitrogen and oxygen atoms in total. The van der Waals surface area contributed by atoms with Gasteiger partial charge in [0.25, 0.3) is 0 Å². The minimum Gasteiger partial charge on any atom is -0.394 e. The van der Waals surface area contributed by atoms with Crippen molar-refractivity contribution in [3.05, 3.63) is 11.6 Å². The minimum atomic E-state index is -1.41.